The first-order valence-electron chi connectivity index (χ1n) is 6.73. The molecule has 1 aromatic carbocycles. The minimum atomic E-state index is -0.396. The van der Waals surface area contributed by atoms with E-state index in [1.54, 1.807) is 26.4 Å². The van der Waals surface area contributed by atoms with E-state index in [-0.39, 0.29) is 5.56 Å². The summed E-state index contributed by atoms with van der Waals surface area (Å²) in [7, 11) is 4.66. The summed E-state index contributed by atoms with van der Waals surface area (Å²) in [5, 5.41) is 0.417. The van der Waals surface area contributed by atoms with Crippen LogP contribution < -0.4 is 16.0 Å². The average Bonchev–Trinajstić information content (AvgIpc) is 2.57. The molecule has 0 unspecified atom stereocenters. The summed E-state index contributed by atoms with van der Waals surface area (Å²) in [4.78, 5) is 28.7. The lowest BCUT2D eigenvalue weighted by molar-refractivity contribution is 0.415. The van der Waals surface area contributed by atoms with Crippen LogP contribution in [0.2, 0.25) is 0 Å². The molecule has 0 N–H and O–H groups in total. The number of hydrogen-bond acceptors (Lipinski definition) is 4. The zero-order valence-electron chi connectivity index (χ0n) is 12.5. The van der Waals surface area contributed by atoms with Crippen molar-refractivity contribution in [2.45, 2.75) is 0 Å². The minimum absolute atomic E-state index is 0.357. The molecule has 3 rings (SSSR count). The molecule has 6 nitrogen and oxygen atoms in total. The number of rotatable bonds is 2. The van der Waals surface area contributed by atoms with Crippen LogP contribution in [0.3, 0.4) is 0 Å². The molecule has 0 fully saturated rings. The summed E-state index contributed by atoms with van der Waals surface area (Å²) in [5.74, 6) is 0.698. The van der Waals surface area contributed by atoms with Gasteiger partial charge in [-0.25, -0.2) is 9.78 Å². The van der Waals surface area contributed by atoms with Gasteiger partial charge in [-0.3, -0.25) is 13.9 Å². The highest BCUT2D eigenvalue weighted by molar-refractivity contribution is 5.92. The van der Waals surface area contributed by atoms with E-state index < -0.39 is 5.69 Å². The highest BCUT2D eigenvalue weighted by Gasteiger charge is 2.14. The number of ether oxygens (including phenoxy) is 1. The maximum atomic E-state index is 12.5. The Bertz CT molecular complexity index is 986. The first-order chi connectivity index (χ1) is 10.5. The fourth-order valence-electron chi connectivity index (χ4n) is 2.52. The van der Waals surface area contributed by atoms with Crippen molar-refractivity contribution in [2.24, 2.45) is 14.1 Å². The Hall–Kier alpha value is -2.89. The standard InChI is InChI=1S/C16H15N3O3/c1-18-14-13(15(20)19(2)16(18)21)12(7-8-17-14)10-5-4-6-11(9-10)22-3/h4-9H,1-3H3. The highest BCUT2D eigenvalue weighted by Crippen LogP contribution is 2.27. The molecule has 2 heterocycles. The molecule has 112 valence electrons. The van der Waals surface area contributed by atoms with Crippen LogP contribution in [0.1, 0.15) is 0 Å². The quantitative estimate of drug-likeness (QED) is 0.715. The molecule has 2 aromatic heterocycles. The molecule has 0 aliphatic rings. The fraction of sp³-hybridized carbons (Fsp3) is 0.188. The third-order valence-electron chi connectivity index (χ3n) is 3.72. The molecule has 0 spiro atoms. The predicted octanol–water partition coefficient (Wildman–Crippen LogP) is 1.31. The molecule has 6 heteroatoms. The van der Waals surface area contributed by atoms with Crippen LogP contribution in [-0.4, -0.2) is 21.2 Å². The van der Waals surface area contributed by atoms with E-state index in [2.05, 4.69) is 4.98 Å². The van der Waals surface area contributed by atoms with Gasteiger partial charge in [0.15, 0.2) is 0 Å². The van der Waals surface area contributed by atoms with Gasteiger partial charge < -0.3 is 4.74 Å². The summed E-state index contributed by atoms with van der Waals surface area (Å²) in [5.41, 5.74) is 1.17. The molecule has 0 saturated heterocycles. The van der Waals surface area contributed by atoms with Crippen molar-refractivity contribution in [1.82, 2.24) is 14.1 Å². The summed E-state index contributed by atoms with van der Waals surface area (Å²) < 4.78 is 7.70. The highest BCUT2D eigenvalue weighted by atomic mass is 16.5. The van der Waals surface area contributed by atoms with Crippen molar-refractivity contribution >= 4 is 11.0 Å². The van der Waals surface area contributed by atoms with Gasteiger partial charge in [-0.05, 0) is 29.3 Å². The van der Waals surface area contributed by atoms with E-state index in [4.69, 9.17) is 4.74 Å². The fourth-order valence-corrected chi connectivity index (χ4v) is 2.52. The number of hydrogen-bond donors (Lipinski definition) is 0. The van der Waals surface area contributed by atoms with Crippen LogP contribution in [0.4, 0.5) is 0 Å². The summed E-state index contributed by atoms with van der Waals surface area (Å²) in [6.07, 6.45) is 1.59. The first-order valence-corrected chi connectivity index (χ1v) is 6.73. The Morgan fingerprint density at radius 2 is 1.86 bits per heavy atom. The van der Waals surface area contributed by atoms with Crippen molar-refractivity contribution in [3.63, 3.8) is 0 Å². The molecule has 22 heavy (non-hydrogen) atoms. The van der Waals surface area contributed by atoms with E-state index >= 15 is 0 Å². The Morgan fingerprint density at radius 1 is 1.09 bits per heavy atom. The normalized spacial score (nSPS) is 10.9. The number of fused-ring (bicyclic) bond motifs is 1. The predicted molar refractivity (Wildman–Crippen MR) is 84.2 cm³/mol. The van der Waals surface area contributed by atoms with Crippen molar-refractivity contribution in [3.05, 3.63) is 57.4 Å². The largest absolute Gasteiger partial charge is 0.497 e. The molecule has 0 aliphatic carbocycles. The molecule has 0 radical (unpaired) electrons. The topological polar surface area (TPSA) is 66.1 Å². The van der Waals surface area contributed by atoms with Crippen molar-refractivity contribution in [1.29, 1.82) is 0 Å². The second kappa shape index (κ2) is 5.14. The zero-order chi connectivity index (χ0) is 15.9. The van der Waals surface area contributed by atoms with E-state index in [1.807, 2.05) is 24.3 Å². The van der Waals surface area contributed by atoms with Gasteiger partial charge in [-0.2, -0.15) is 0 Å². The van der Waals surface area contributed by atoms with E-state index in [1.165, 1.54) is 11.6 Å². The van der Waals surface area contributed by atoms with Gasteiger partial charge in [0.2, 0.25) is 0 Å². The van der Waals surface area contributed by atoms with Crippen molar-refractivity contribution in [2.75, 3.05) is 7.11 Å². The molecule has 0 aliphatic heterocycles. The number of aromatic nitrogens is 3. The second-order valence-corrected chi connectivity index (χ2v) is 4.99. The van der Waals surface area contributed by atoms with Gasteiger partial charge in [0, 0.05) is 20.3 Å². The lowest BCUT2D eigenvalue weighted by atomic mass is 10.0. The van der Waals surface area contributed by atoms with Crippen LogP contribution in [0.25, 0.3) is 22.2 Å². The SMILES string of the molecule is COc1cccc(-c2ccnc3c2c(=O)n(C)c(=O)n3C)c1. The molecule has 0 saturated carbocycles. The third kappa shape index (κ3) is 2.00. The van der Waals surface area contributed by atoms with Gasteiger partial charge >= 0.3 is 5.69 Å². The second-order valence-electron chi connectivity index (χ2n) is 4.99. The van der Waals surface area contributed by atoms with Crippen LogP contribution in [0.5, 0.6) is 5.75 Å². The van der Waals surface area contributed by atoms with Crippen LogP contribution in [0.15, 0.2) is 46.1 Å². The maximum absolute atomic E-state index is 12.5. The Labute approximate surface area is 126 Å². The molecular weight excluding hydrogens is 282 g/mol. The van der Waals surface area contributed by atoms with Gasteiger partial charge in [0.1, 0.15) is 11.4 Å². The maximum Gasteiger partial charge on any atom is 0.332 e. The summed E-state index contributed by atoms with van der Waals surface area (Å²) >= 11 is 0. The zero-order valence-corrected chi connectivity index (χ0v) is 12.5. The smallest absolute Gasteiger partial charge is 0.332 e. The van der Waals surface area contributed by atoms with Crippen molar-refractivity contribution < 1.29 is 4.74 Å². The third-order valence-corrected chi connectivity index (χ3v) is 3.72. The van der Waals surface area contributed by atoms with Gasteiger partial charge in [0.05, 0.1) is 12.5 Å². The van der Waals surface area contributed by atoms with Crippen molar-refractivity contribution in [3.8, 4) is 16.9 Å². The minimum Gasteiger partial charge on any atom is -0.497 e. The summed E-state index contributed by atoms with van der Waals surface area (Å²) in [6.45, 7) is 0. The molecular formula is C16H15N3O3. The van der Waals surface area contributed by atoms with Crippen LogP contribution >= 0.6 is 0 Å². The lowest BCUT2D eigenvalue weighted by Crippen LogP contribution is -2.37. The number of aryl methyl sites for hydroxylation is 1. The average molecular weight is 297 g/mol. The van der Waals surface area contributed by atoms with E-state index in [0.29, 0.717) is 16.8 Å². The first kappa shape index (κ1) is 14.1. The molecule has 0 amide bonds. The van der Waals surface area contributed by atoms with E-state index in [9.17, 15) is 9.59 Å². The van der Waals surface area contributed by atoms with Gasteiger partial charge in [-0.15, -0.1) is 0 Å². The molecule has 3 aromatic rings. The number of nitrogens with zero attached hydrogens (tertiary/aromatic N) is 3. The molecule has 0 bridgehead atoms. The van der Waals surface area contributed by atoms with E-state index in [0.717, 1.165) is 15.7 Å². The number of methoxy groups -OCH3 is 1. The summed E-state index contributed by atoms with van der Waals surface area (Å²) in [6, 6.07) is 9.19. The Balaban J connectivity index is 2.46. The Morgan fingerprint density at radius 3 is 2.59 bits per heavy atom. The molecule has 0 atom stereocenters. The number of pyridine rings is 1. The monoisotopic (exact) mass is 297 g/mol. The number of benzene rings is 1. The van der Waals surface area contributed by atoms with Crippen LogP contribution in [0, 0.1) is 0 Å². The van der Waals surface area contributed by atoms with Crippen LogP contribution in [-0.2, 0) is 14.1 Å². The van der Waals surface area contributed by atoms with Gasteiger partial charge in [0.25, 0.3) is 5.56 Å². The van der Waals surface area contributed by atoms with Gasteiger partial charge in [-0.1, -0.05) is 12.1 Å². The Kier molecular flexibility index (Phi) is 3.29. The lowest BCUT2D eigenvalue weighted by Gasteiger charge is -2.11.